The summed E-state index contributed by atoms with van der Waals surface area (Å²) < 4.78 is 2.09. The predicted octanol–water partition coefficient (Wildman–Crippen LogP) is 3.29. The number of nitrogens with two attached hydrogens (primary N) is 1. The molecular formula is C14H18Cl2N4. The Balaban J connectivity index is 2.28. The molecule has 0 amide bonds. The molecule has 1 aromatic carbocycles. The van der Waals surface area contributed by atoms with Crippen LogP contribution >= 0.6 is 23.2 Å². The third-order valence-corrected chi connectivity index (χ3v) is 3.72. The third-order valence-electron chi connectivity index (χ3n) is 2.98. The van der Waals surface area contributed by atoms with Crippen molar-refractivity contribution in [3.63, 3.8) is 0 Å². The Kier molecular flexibility index (Phi) is 5.02. The molecule has 6 heteroatoms. The van der Waals surface area contributed by atoms with Crippen molar-refractivity contribution in [1.29, 1.82) is 0 Å². The Morgan fingerprint density at radius 2 is 1.85 bits per heavy atom. The molecule has 20 heavy (non-hydrogen) atoms. The van der Waals surface area contributed by atoms with E-state index in [1.54, 1.807) is 6.07 Å². The Morgan fingerprint density at radius 1 is 1.15 bits per heavy atom. The highest BCUT2D eigenvalue weighted by molar-refractivity contribution is 6.42. The molecule has 0 radical (unpaired) electrons. The number of halogens is 2. The van der Waals surface area contributed by atoms with E-state index in [1.807, 2.05) is 12.1 Å². The number of hydrogen-bond donors (Lipinski definition) is 1. The monoisotopic (exact) mass is 312 g/mol. The number of hydrogen-bond acceptors (Lipinski definition) is 3. The lowest BCUT2D eigenvalue weighted by molar-refractivity contribution is 0.495. The normalized spacial score (nSPS) is 11.3. The zero-order valence-electron chi connectivity index (χ0n) is 11.6. The maximum Gasteiger partial charge on any atom is 0.146 e. The van der Waals surface area contributed by atoms with Gasteiger partial charge in [-0.25, -0.2) is 0 Å². The van der Waals surface area contributed by atoms with Crippen molar-refractivity contribution in [1.82, 2.24) is 14.8 Å². The van der Waals surface area contributed by atoms with Crippen LogP contribution in [0.5, 0.6) is 0 Å². The van der Waals surface area contributed by atoms with Crippen molar-refractivity contribution in [3.05, 3.63) is 45.5 Å². The van der Waals surface area contributed by atoms with Crippen molar-refractivity contribution in [2.45, 2.75) is 33.4 Å². The third kappa shape index (κ3) is 3.51. The van der Waals surface area contributed by atoms with E-state index in [9.17, 15) is 0 Å². The highest BCUT2D eigenvalue weighted by atomic mass is 35.5. The lowest BCUT2D eigenvalue weighted by Gasteiger charge is -2.12. The lowest BCUT2D eigenvalue weighted by Crippen LogP contribution is -2.14. The van der Waals surface area contributed by atoms with Gasteiger partial charge in [0.25, 0.3) is 0 Å². The molecule has 1 aromatic heterocycles. The first-order chi connectivity index (χ1) is 9.51. The summed E-state index contributed by atoms with van der Waals surface area (Å²) >= 11 is 12.0. The molecule has 2 N–H and O–H groups in total. The summed E-state index contributed by atoms with van der Waals surface area (Å²) in [5.74, 6) is 2.22. The Bertz CT molecular complexity index is 593. The minimum absolute atomic E-state index is 0.390. The second kappa shape index (κ2) is 6.57. The van der Waals surface area contributed by atoms with Gasteiger partial charge in [-0.2, -0.15) is 0 Å². The van der Waals surface area contributed by atoms with E-state index in [0.717, 1.165) is 23.8 Å². The topological polar surface area (TPSA) is 56.7 Å². The highest BCUT2D eigenvalue weighted by Gasteiger charge is 2.13. The van der Waals surface area contributed by atoms with Crippen LogP contribution in [0.15, 0.2) is 18.2 Å². The van der Waals surface area contributed by atoms with Crippen molar-refractivity contribution >= 4 is 23.2 Å². The summed E-state index contributed by atoms with van der Waals surface area (Å²) in [7, 11) is 0. The molecule has 0 aliphatic heterocycles. The Hall–Kier alpha value is -1.10. The van der Waals surface area contributed by atoms with Crippen LogP contribution in [-0.2, 0) is 19.5 Å². The van der Waals surface area contributed by atoms with Crippen LogP contribution in [0.2, 0.25) is 10.0 Å². The fourth-order valence-electron chi connectivity index (χ4n) is 2.06. The highest BCUT2D eigenvalue weighted by Crippen LogP contribution is 2.23. The van der Waals surface area contributed by atoms with Gasteiger partial charge in [-0.15, -0.1) is 10.2 Å². The molecule has 0 unspecified atom stereocenters. The number of nitrogens with zero attached hydrogens (tertiary/aromatic N) is 3. The maximum absolute atomic E-state index is 6.04. The summed E-state index contributed by atoms with van der Waals surface area (Å²) in [6.07, 6.45) is 0.663. The summed E-state index contributed by atoms with van der Waals surface area (Å²) in [6.45, 7) is 5.56. The van der Waals surface area contributed by atoms with Crippen LogP contribution in [0.3, 0.4) is 0 Å². The second-order valence-electron chi connectivity index (χ2n) is 5.17. The molecule has 0 atom stereocenters. The first-order valence-corrected chi connectivity index (χ1v) is 7.31. The van der Waals surface area contributed by atoms with Crippen molar-refractivity contribution in [2.75, 3.05) is 0 Å². The predicted molar refractivity (Wildman–Crippen MR) is 82.0 cm³/mol. The molecule has 0 bridgehead atoms. The fraction of sp³-hybridized carbons (Fsp3) is 0.429. The molecule has 1 heterocycles. The zero-order chi connectivity index (χ0) is 14.7. The zero-order valence-corrected chi connectivity index (χ0v) is 13.1. The molecule has 2 aromatic rings. The van der Waals surface area contributed by atoms with Gasteiger partial charge in [-0.1, -0.05) is 43.1 Å². The minimum Gasteiger partial charge on any atom is -0.324 e. The average molecular weight is 313 g/mol. The van der Waals surface area contributed by atoms with Gasteiger partial charge in [0.15, 0.2) is 0 Å². The lowest BCUT2D eigenvalue weighted by atomic mass is 10.1. The molecule has 0 aliphatic carbocycles. The standard InChI is InChI=1S/C14H18Cl2N4/c1-9(2)8-20-13(18-19-14(20)7-17)6-10-3-4-11(15)12(16)5-10/h3-5,9H,6-8,17H2,1-2H3. The molecule has 0 saturated heterocycles. The summed E-state index contributed by atoms with van der Waals surface area (Å²) in [5, 5.41) is 9.51. The van der Waals surface area contributed by atoms with E-state index in [0.29, 0.717) is 28.9 Å². The van der Waals surface area contributed by atoms with Gasteiger partial charge < -0.3 is 10.3 Å². The van der Waals surface area contributed by atoms with Gasteiger partial charge in [-0.3, -0.25) is 0 Å². The molecule has 2 rings (SSSR count). The van der Waals surface area contributed by atoms with Crippen LogP contribution in [0.4, 0.5) is 0 Å². The first-order valence-electron chi connectivity index (χ1n) is 6.56. The SMILES string of the molecule is CC(C)Cn1c(CN)nnc1Cc1ccc(Cl)c(Cl)c1. The van der Waals surface area contributed by atoms with Gasteiger partial charge in [0.1, 0.15) is 11.6 Å². The smallest absolute Gasteiger partial charge is 0.146 e. The summed E-state index contributed by atoms with van der Waals surface area (Å²) in [5.41, 5.74) is 6.77. The quantitative estimate of drug-likeness (QED) is 0.921. The summed E-state index contributed by atoms with van der Waals surface area (Å²) in [4.78, 5) is 0. The van der Waals surface area contributed by atoms with Crippen LogP contribution in [0.25, 0.3) is 0 Å². The summed E-state index contributed by atoms with van der Waals surface area (Å²) in [6, 6.07) is 5.61. The van der Waals surface area contributed by atoms with Gasteiger partial charge >= 0.3 is 0 Å². The number of aromatic nitrogens is 3. The average Bonchev–Trinajstić information content (AvgIpc) is 2.76. The largest absolute Gasteiger partial charge is 0.324 e. The van der Waals surface area contributed by atoms with Crippen molar-refractivity contribution in [3.8, 4) is 0 Å². The number of benzene rings is 1. The van der Waals surface area contributed by atoms with E-state index in [-0.39, 0.29) is 0 Å². The molecule has 0 fully saturated rings. The van der Waals surface area contributed by atoms with Gasteiger partial charge in [0, 0.05) is 13.0 Å². The van der Waals surface area contributed by atoms with Crippen LogP contribution in [0.1, 0.15) is 31.1 Å². The molecule has 4 nitrogen and oxygen atoms in total. The van der Waals surface area contributed by atoms with Gasteiger partial charge in [0.05, 0.1) is 16.6 Å². The van der Waals surface area contributed by atoms with E-state index in [4.69, 9.17) is 28.9 Å². The Morgan fingerprint density at radius 3 is 2.45 bits per heavy atom. The van der Waals surface area contributed by atoms with Gasteiger partial charge in [0.2, 0.25) is 0 Å². The molecular weight excluding hydrogens is 295 g/mol. The minimum atomic E-state index is 0.390. The molecule has 0 aliphatic rings. The van der Waals surface area contributed by atoms with E-state index >= 15 is 0 Å². The molecule has 0 spiro atoms. The first kappa shape index (κ1) is 15.3. The van der Waals surface area contributed by atoms with Crippen molar-refractivity contribution < 1.29 is 0 Å². The van der Waals surface area contributed by atoms with E-state index in [1.165, 1.54) is 0 Å². The number of rotatable bonds is 5. The second-order valence-corrected chi connectivity index (χ2v) is 5.98. The van der Waals surface area contributed by atoms with E-state index in [2.05, 4.69) is 28.6 Å². The molecule has 0 saturated carbocycles. The van der Waals surface area contributed by atoms with Crippen LogP contribution < -0.4 is 5.73 Å². The Labute approximate surface area is 128 Å². The van der Waals surface area contributed by atoms with Gasteiger partial charge in [-0.05, 0) is 23.6 Å². The van der Waals surface area contributed by atoms with Crippen LogP contribution in [-0.4, -0.2) is 14.8 Å². The molecule has 108 valence electrons. The maximum atomic E-state index is 6.04. The van der Waals surface area contributed by atoms with E-state index < -0.39 is 0 Å². The van der Waals surface area contributed by atoms with Crippen molar-refractivity contribution in [2.24, 2.45) is 11.7 Å². The van der Waals surface area contributed by atoms with Crippen LogP contribution in [0, 0.1) is 5.92 Å². The fourth-order valence-corrected chi connectivity index (χ4v) is 2.38.